The van der Waals surface area contributed by atoms with E-state index in [0.717, 1.165) is 22.5 Å². The molecule has 1 aliphatic rings. The molecular formula is C22H25N5O4S2. The first kappa shape index (κ1) is 23.1. The second-order valence-corrected chi connectivity index (χ2v) is 11.1. The number of anilines is 2. The number of pyridine rings is 2. The van der Waals surface area contributed by atoms with Crippen molar-refractivity contribution in [2.45, 2.75) is 44.3 Å². The summed E-state index contributed by atoms with van der Waals surface area (Å²) in [5, 5.41) is 4.43. The Bertz CT molecular complexity index is 1250. The summed E-state index contributed by atoms with van der Waals surface area (Å²) in [7, 11) is -3.40. The number of carbonyl (C=O) groups excluding carboxylic acids is 1. The Hall–Kier alpha value is -3.05. The zero-order valence-corrected chi connectivity index (χ0v) is 20.2. The number of ether oxygens (including phenoxy) is 1. The third-order valence-electron chi connectivity index (χ3n) is 5.27. The molecule has 33 heavy (non-hydrogen) atoms. The van der Waals surface area contributed by atoms with Crippen LogP contribution in [0, 0.1) is 0 Å². The van der Waals surface area contributed by atoms with Crippen LogP contribution in [0.25, 0.3) is 11.1 Å². The van der Waals surface area contributed by atoms with Crippen molar-refractivity contribution in [3.8, 4) is 16.9 Å². The molecule has 0 saturated heterocycles. The number of sulfonamides is 1. The zero-order valence-electron chi connectivity index (χ0n) is 18.5. The first-order chi connectivity index (χ1) is 15.7. The van der Waals surface area contributed by atoms with E-state index in [1.54, 1.807) is 43.9 Å². The standard InChI is InChI=1S/C22H25N5O4S2/c1-4-31-16-9-15(10-23-12-16)14-5-8-19(24-11-14)26-20(28)22(2,3)18-13-32-21(25-18)27-33(29,30)17-6-7-17/h5,8-13,17H,4,6-7H2,1-3H3,(H,25,27)(H,24,26,28). The van der Waals surface area contributed by atoms with Crippen LogP contribution in [0.1, 0.15) is 39.3 Å². The number of thiazole rings is 1. The van der Waals surface area contributed by atoms with Crippen LogP contribution in [0.15, 0.2) is 42.2 Å². The van der Waals surface area contributed by atoms with Crippen molar-refractivity contribution in [2.24, 2.45) is 0 Å². The summed E-state index contributed by atoms with van der Waals surface area (Å²) in [6.45, 7) is 5.93. The lowest BCUT2D eigenvalue weighted by Gasteiger charge is -2.21. The summed E-state index contributed by atoms with van der Waals surface area (Å²) in [6.07, 6.45) is 6.36. The number of amides is 1. The molecule has 1 saturated carbocycles. The average molecular weight is 488 g/mol. The maximum atomic E-state index is 13.0. The van der Waals surface area contributed by atoms with Gasteiger partial charge in [0, 0.05) is 28.9 Å². The molecule has 174 valence electrons. The molecule has 0 aromatic carbocycles. The molecule has 0 atom stereocenters. The number of aromatic nitrogens is 3. The van der Waals surface area contributed by atoms with Crippen LogP contribution in [0.2, 0.25) is 0 Å². The van der Waals surface area contributed by atoms with Gasteiger partial charge in [0.05, 0.1) is 29.2 Å². The van der Waals surface area contributed by atoms with Gasteiger partial charge in [0.2, 0.25) is 15.9 Å². The maximum absolute atomic E-state index is 13.0. The van der Waals surface area contributed by atoms with Crippen LogP contribution in [0.5, 0.6) is 5.75 Å². The highest BCUT2D eigenvalue weighted by molar-refractivity contribution is 7.93. The highest BCUT2D eigenvalue weighted by Crippen LogP contribution is 2.33. The van der Waals surface area contributed by atoms with Crippen LogP contribution in [-0.2, 0) is 20.2 Å². The molecule has 3 aromatic rings. The first-order valence-corrected chi connectivity index (χ1v) is 12.9. The van der Waals surface area contributed by atoms with E-state index in [1.165, 1.54) is 0 Å². The molecule has 3 heterocycles. The van der Waals surface area contributed by atoms with Crippen LogP contribution in [-0.4, -0.2) is 41.1 Å². The molecule has 0 spiro atoms. The van der Waals surface area contributed by atoms with Gasteiger partial charge in [0.25, 0.3) is 0 Å². The van der Waals surface area contributed by atoms with Crippen molar-refractivity contribution >= 4 is 38.2 Å². The second-order valence-electron chi connectivity index (χ2n) is 8.24. The molecule has 0 aliphatic heterocycles. The summed E-state index contributed by atoms with van der Waals surface area (Å²) in [6, 6.07) is 5.44. The third kappa shape index (κ3) is 5.31. The van der Waals surface area contributed by atoms with Crippen molar-refractivity contribution in [1.29, 1.82) is 0 Å². The molecule has 9 nitrogen and oxygen atoms in total. The Morgan fingerprint density at radius 2 is 2.00 bits per heavy atom. The van der Waals surface area contributed by atoms with E-state index in [2.05, 4.69) is 25.0 Å². The molecule has 11 heteroatoms. The van der Waals surface area contributed by atoms with Gasteiger partial charge in [0.15, 0.2) is 5.13 Å². The minimum atomic E-state index is -3.40. The summed E-state index contributed by atoms with van der Waals surface area (Å²) in [5.74, 6) is 0.775. The lowest BCUT2D eigenvalue weighted by Crippen LogP contribution is -2.35. The van der Waals surface area contributed by atoms with Crippen LogP contribution >= 0.6 is 11.3 Å². The number of hydrogen-bond donors (Lipinski definition) is 2. The van der Waals surface area contributed by atoms with Crippen molar-refractivity contribution in [2.75, 3.05) is 16.6 Å². The van der Waals surface area contributed by atoms with Gasteiger partial charge in [0.1, 0.15) is 11.6 Å². The summed E-state index contributed by atoms with van der Waals surface area (Å²) in [5.41, 5.74) is 1.19. The van der Waals surface area contributed by atoms with Crippen molar-refractivity contribution < 1.29 is 17.9 Å². The second kappa shape index (κ2) is 9.06. The van der Waals surface area contributed by atoms with Crippen LogP contribution < -0.4 is 14.8 Å². The van der Waals surface area contributed by atoms with Gasteiger partial charge < -0.3 is 10.1 Å². The Morgan fingerprint density at radius 1 is 1.21 bits per heavy atom. The molecule has 0 unspecified atom stereocenters. The molecule has 0 bridgehead atoms. The molecule has 1 amide bonds. The number of nitrogens with zero attached hydrogens (tertiary/aromatic N) is 3. The highest BCUT2D eigenvalue weighted by atomic mass is 32.2. The van der Waals surface area contributed by atoms with Crippen molar-refractivity contribution in [1.82, 2.24) is 15.0 Å². The molecule has 4 rings (SSSR count). The number of carbonyl (C=O) groups is 1. The van der Waals surface area contributed by atoms with E-state index < -0.39 is 15.4 Å². The minimum absolute atomic E-state index is 0.267. The van der Waals surface area contributed by atoms with Gasteiger partial charge in [-0.3, -0.25) is 14.5 Å². The first-order valence-electron chi connectivity index (χ1n) is 10.5. The SMILES string of the molecule is CCOc1cncc(-c2ccc(NC(=O)C(C)(C)c3csc(NS(=O)(=O)C4CC4)n3)nc2)c1. The van der Waals surface area contributed by atoms with Crippen molar-refractivity contribution in [3.63, 3.8) is 0 Å². The largest absolute Gasteiger partial charge is 0.492 e. The molecule has 1 fully saturated rings. The summed E-state index contributed by atoms with van der Waals surface area (Å²) < 4.78 is 32.3. The van der Waals surface area contributed by atoms with E-state index >= 15 is 0 Å². The summed E-state index contributed by atoms with van der Waals surface area (Å²) >= 11 is 1.16. The number of hydrogen-bond acceptors (Lipinski definition) is 8. The topological polar surface area (TPSA) is 123 Å². The van der Waals surface area contributed by atoms with Gasteiger partial charge in [-0.05, 0) is 51.8 Å². The average Bonchev–Trinajstić information content (AvgIpc) is 3.55. The third-order valence-corrected chi connectivity index (χ3v) is 7.98. The lowest BCUT2D eigenvalue weighted by molar-refractivity contribution is -0.120. The molecule has 0 radical (unpaired) electrons. The minimum Gasteiger partial charge on any atom is -0.492 e. The van der Waals surface area contributed by atoms with Gasteiger partial charge in [-0.1, -0.05) is 0 Å². The predicted molar refractivity (Wildman–Crippen MR) is 128 cm³/mol. The quantitative estimate of drug-likeness (QED) is 0.470. The Balaban J connectivity index is 1.43. The molecular weight excluding hydrogens is 462 g/mol. The fraction of sp³-hybridized carbons (Fsp3) is 0.364. The lowest BCUT2D eigenvalue weighted by atomic mass is 9.89. The molecule has 2 N–H and O–H groups in total. The smallest absolute Gasteiger partial charge is 0.237 e. The van der Waals surface area contributed by atoms with E-state index in [0.29, 0.717) is 36.7 Å². The Kier molecular flexibility index (Phi) is 6.35. The Morgan fingerprint density at radius 3 is 2.67 bits per heavy atom. The van der Waals surface area contributed by atoms with E-state index in [4.69, 9.17) is 4.74 Å². The number of nitrogens with one attached hydrogen (secondary N) is 2. The maximum Gasteiger partial charge on any atom is 0.237 e. The summed E-state index contributed by atoms with van der Waals surface area (Å²) in [4.78, 5) is 25.8. The molecule has 3 aromatic heterocycles. The zero-order chi connectivity index (χ0) is 23.6. The van der Waals surface area contributed by atoms with Crippen LogP contribution in [0.3, 0.4) is 0 Å². The van der Waals surface area contributed by atoms with Crippen molar-refractivity contribution in [3.05, 3.63) is 47.9 Å². The van der Waals surface area contributed by atoms with E-state index in [9.17, 15) is 13.2 Å². The highest BCUT2D eigenvalue weighted by Gasteiger charge is 2.37. The van der Waals surface area contributed by atoms with Gasteiger partial charge >= 0.3 is 0 Å². The predicted octanol–water partition coefficient (Wildman–Crippen LogP) is 3.82. The van der Waals surface area contributed by atoms with Gasteiger partial charge in [-0.15, -0.1) is 11.3 Å². The normalized spacial score (nSPS) is 14.0. The van der Waals surface area contributed by atoms with E-state index in [1.807, 2.05) is 19.1 Å². The monoisotopic (exact) mass is 487 g/mol. The van der Waals surface area contributed by atoms with Gasteiger partial charge in [-0.25, -0.2) is 18.4 Å². The Labute approximate surface area is 196 Å². The fourth-order valence-corrected chi connectivity index (χ4v) is 5.52. The fourth-order valence-electron chi connectivity index (χ4n) is 3.04. The van der Waals surface area contributed by atoms with E-state index in [-0.39, 0.29) is 16.3 Å². The number of rotatable bonds is 9. The molecule has 1 aliphatic carbocycles. The van der Waals surface area contributed by atoms with Gasteiger partial charge in [-0.2, -0.15) is 0 Å². The van der Waals surface area contributed by atoms with Crippen LogP contribution in [0.4, 0.5) is 10.9 Å².